The van der Waals surface area contributed by atoms with E-state index in [4.69, 9.17) is 11.6 Å². The molecule has 130 valence electrons. The van der Waals surface area contributed by atoms with Crippen molar-refractivity contribution in [1.82, 2.24) is 4.90 Å². The molecule has 0 aliphatic carbocycles. The van der Waals surface area contributed by atoms with Crippen LogP contribution in [0.3, 0.4) is 0 Å². The number of benzene rings is 2. The Morgan fingerprint density at radius 2 is 1.96 bits per heavy atom. The van der Waals surface area contributed by atoms with Gasteiger partial charge in [-0.3, -0.25) is 0 Å². The van der Waals surface area contributed by atoms with Crippen molar-refractivity contribution in [1.29, 1.82) is 0 Å². The molecule has 0 bridgehead atoms. The summed E-state index contributed by atoms with van der Waals surface area (Å²) in [5.74, 6) is -0.263. The maximum atomic E-state index is 11.6. The van der Waals surface area contributed by atoms with Gasteiger partial charge in [-0.2, -0.15) is 0 Å². The topological polar surface area (TPSA) is 32.7 Å². The smallest absolute Gasteiger partial charge is 0.120 e. The number of rotatable bonds is 8. The number of hydrogen-bond donors (Lipinski definition) is 1. The van der Waals surface area contributed by atoms with Crippen LogP contribution in [-0.4, -0.2) is 30.6 Å². The van der Waals surface area contributed by atoms with Crippen LogP contribution in [0.4, 0.5) is 0 Å². The van der Waals surface area contributed by atoms with Crippen LogP contribution in [0.5, 0.6) is 5.75 Å². The van der Waals surface area contributed by atoms with Gasteiger partial charge in [-0.15, -0.1) is 0 Å². The van der Waals surface area contributed by atoms with Gasteiger partial charge in [0.2, 0.25) is 0 Å². The molecule has 3 heteroatoms. The zero-order valence-corrected chi connectivity index (χ0v) is 14.5. The van der Waals surface area contributed by atoms with E-state index < -0.39 is 24.7 Å². The van der Waals surface area contributed by atoms with Crippen LogP contribution in [0.2, 0.25) is 0 Å². The normalized spacial score (nSPS) is 19.3. The SMILES string of the molecule is [2H]C([2H])([2H])C([2H])([2H])[C@](O)(c1cccc(OCc2ccccc2)c1)[C@H](C)CN(C)C. The molecule has 0 aliphatic rings. The van der Waals surface area contributed by atoms with Crippen LogP contribution in [0.15, 0.2) is 54.6 Å². The maximum Gasteiger partial charge on any atom is 0.120 e. The molecule has 0 radical (unpaired) electrons. The van der Waals surface area contributed by atoms with Crippen molar-refractivity contribution in [2.24, 2.45) is 5.92 Å². The van der Waals surface area contributed by atoms with Crippen molar-refractivity contribution in [3.63, 3.8) is 0 Å². The van der Waals surface area contributed by atoms with Crippen LogP contribution < -0.4 is 4.74 Å². The Kier molecular flexibility index (Phi) is 4.34. The van der Waals surface area contributed by atoms with E-state index in [-0.39, 0.29) is 5.56 Å². The fourth-order valence-corrected chi connectivity index (χ4v) is 2.72. The Labute approximate surface area is 152 Å². The second-order valence-electron chi connectivity index (χ2n) is 6.36. The summed E-state index contributed by atoms with van der Waals surface area (Å²) in [5, 5.41) is 11.6. The van der Waals surface area contributed by atoms with Crippen molar-refractivity contribution in [2.75, 3.05) is 20.6 Å². The van der Waals surface area contributed by atoms with E-state index in [0.29, 0.717) is 18.9 Å². The third kappa shape index (κ3) is 4.59. The summed E-state index contributed by atoms with van der Waals surface area (Å²) in [6, 6.07) is 16.0. The second kappa shape index (κ2) is 8.32. The molecule has 0 saturated heterocycles. The summed E-state index contributed by atoms with van der Waals surface area (Å²) in [6.07, 6.45) is -2.87. The van der Waals surface area contributed by atoms with Gasteiger partial charge in [0.05, 0.1) is 5.60 Å². The highest BCUT2D eigenvalue weighted by atomic mass is 16.5. The van der Waals surface area contributed by atoms with E-state index in [1.807, 2.05) is 30.3 Å². The molecule has 2 rings (SSSR count). The Hall–Kier alpha value is -1.84. The molecule has 0 unspecified atom stereocenters. The molecule has 1 N–H and O–H groups in total. The average Bonchev–Trinajstić information content (AvgIpc) is 2.65. The minimum atomic E-state index is -3.01. The van der Waals surface area contributed by atoms with Crippen molar-refractivity contribution >= 4 is 0 Å². The largest absolute Gasteiger partial charge is 0.489 e. The molecule has 0 fully saturated rings. The first-order chi connectivity index (χ1) is 13.4. The molecule has 0 heterocycles. The minimum absolute atomic E-state index is 0.179. The molecule has 3 nitrogen and oxygen atoms in total. The van der Waals surface area contributed by atoms with Gasteiger partial charge in [-0.25, -0.2) is 0 Å². The highest BCUT2D eigenvalue weighted by Crippen LogP contribution is 2.35. The van der Waals surface area contributed by atoms with Gasteiger partial charge >= 0.3 is 0 Å². The molecule has 0 aromatic heterocycles. The van der Waals surface area contributed by atoms with Crippen LogP contribution in [-0.2, 0) is 12.2 Å². The lowest BCUT2D eigenvalue weighted by atomic mass is 9.80. The van der Waals surface area contributed by atoms with Crippen molar-refractivity contribution in [3.8, 4) is 5.75 Å². The van der Waals surface area contributed by atoms with Crippen LogP contribution in [0.25, 0.3) is 0 Å². The van der Waals surface area contributed by atoms with Crippen molar-refractivity contribution in [2.45, 2.75) is 32.4 Å². The molecule has 0 spiro atoms. The van der Waals surface area contributed by atoms with Crippen molar-refractivity contribution < 1.29 is 16.7 Å². The molecule has 2 aromatic carbocycles. The summed E-state index contributed by atoms with van der Waals surface area (Å²) >= 11 is 0. The summed E-state index contributed by atoms with van der Waals surface area (Å²) < 4.78 is 45.6. The van der Waals surface area contributed by atoms with Gasteiger partial charge in [-0.1, -0.05) is 56.2 Å². The van der Waals surface area contributed by atoms with Crippen LogP contribution in [0.1, 0.15) is 38.1 Å². The zero-order valence-electron chi connectivity index (χ0n) is 19.5. The Morgan fingerprint density at radius 1 is 1.21 bits per heavy atom. The van der Waals surface area contributed by atoms with Gasteiger partial charge in [0, 0.05) is 19.3 Å². The molecule has 0 aliphatic heterocycles. The molecule has 0 saturated carbocycles. The Morgan fingerprint density at radius 3 is 2.62 bits per heavy atom. The van der Waals surface area contributed by atoms with E-state index in [9.17, 15) is 5.11 Å². The Bertz CT molecular complexity index is 795. The number of ether oxygens (including phenoxy) is 1. The lowest BCUT2D eigenvalue weighted by molar-refractivity contribution is -0.0293. The third-order valence-electron chi connectivity index (χ3n) is 4.07. The van der Waals surface area contributed by atoms with Gasteiger partial charge in [0.1, 0.15) is 12.4 Å². The van der Waals surface area contributed by atoms with Gasteiger partial charge < -0.3 is 14.7 Å². The highest BCUT2D eigenvalue weighted by Gasteiger charge is 2.34. The van der Waals surface area contributed by atoms with E-state index in [1.165, 1.54) is 6.07 Å². The summed E-state index contributed by atoms with van der Waals surface area (Å²) in [4.78, 5) is 1.79. The predicted octanol–water partition coefficient (Wildman–Crippen LogP) is 4.06. The standard InChI is InChI=1S/C21H29NO2/c1-5-21(23,17(2)15-22(3)4)19-12-9-13-20(14-19)24-16-18-10-7-6-8-11-18/h6-14,17,23H,5,15-16H2,1-4H3/t17-,21-/m1/s1/i1D3,5D2. The van der Waals surface area contributed by atoms with E-state index in [2.05, 4.69) is 0 Å². The first-order valence-electron chi connectivity index (χ1n) is 10.5. The summed E-state index contributed by atoms with van der Waals surface area (Å²) in [6.45, 7) is -0.742. The maximum absolute atomic E-state index is 11.6. The van der Waals surface area contributed by atoms with Gasteiger partial charge in [0.15, 0.2) is 0 Å². The lowest BCUT2D eigenvalue weighted by Crippen LogP contribution is -2.38. The van der Waals surface area contributed by atoms with Crippen LogP contribution in [0, 0.1) is 5.92 Å². The molecule has 2 aromatic rings. The molecule has 2 atom stereocenters. The highest BCUT2D eigenvalue weighted by molar-refractivity contribution is 5.33. The molecular weight excluding hydrogens is 298 g/mol. The monoisotopic (exact) mass is 332 g/mol. The predicted molar refractivity (Wildman–Crippen MR) is 99.1 cm³/mol. The second-order valence-corrected chi connectivity index (χ2v) is 6.36. The quantitative estimate of drug-likeness (QED) is 0.791. The van der Waals surface area contributed by atoms with Gasteiger partial charge in [0.25, 0.3) is 0 Å². The Balaban J connectivity index is 2.43. The lowest BCUT2D eigenvalue weighted by Gasteiger charge is -2.35. The first-order valence-corrected chi connectivity index (χ1v) is 8.04. The van der Waals surface area contributed by atoms with E-state index >= 15 is 0 Å². The number of aliphatic hydroxyl groups is 1. The van der Waals surface area contributed by atoms with Crippen LogP contribution >= 0.6 is 0 Å². The first kappa shape index (κ1) is 12.5. The fourth-order valence-electron chi connectivity index (χ4n) is 2.72. The number of nitrogens with zero attached hydrogens (tertiary/aromatic N) is 1. The summed E-state index contributed by atoms with van der Waals surface area (Å²) in [7, 11) is 3.59. The average molecular weight is 332 g/mol. The van der Waals surface area contributed by atoms with E-state index in [1.54, 1.807) is 44.1 Å². The zero-order chi connectivity index (χ0) is 21.9. The minimum Gasteiger partial charge on any atom is -0.489 e. The molecule has 24 heavy (non-hydrogen) atoms. The fraction of sp³-hybridized carbons (Fsp3) is 0.429. The third-order valence-corrected chi connectivity index (χ3v) is 4.07. The molecule has 0 amide bonds. The number of hydrogen-bond acceptors (Lipinski definition) is 3. The van der Waals surface area contributed by atoms with Gasteiger partial charge in [-0.05, 0) is 43.7 Å². The van der Waals surface area contributed by atoms with E-state index in [0.717, 1.165) is 5.56 Å². The molecular formula is C21H29NO2. The van der Waals surface area contributed by atoms with Crippen molar-refractivity contribution in [3.05, 3.63) is 65.7 Å². The summed E-state index contributed by atoms with van der Waals surface area (Å²) in [5.41, 5.74) is -1.10.